The number of aromatic amines is 1. The van der Waals surface area contributed by atoms with Gasteiger partial charge in [0.2, 0.25) is 17.7 Å². The number of H-pyrrole nitrogens is 1. The topological polar surface area (TPSA) is 109 Å². The summed E-state index contributed by atoms with van der Waals surface area (Å²) < 4.78 is 7.11. The summed E-state index contributed by atoms with van der Waals surface area (Å²) >= 11 is 3.32. The second kappa shape index (κ2) is 6.52. The highest BCUT2D eigenvalue weighted by atomic mass is 79.9. The van der Waals surface area contributed by atoms with Crippen LogP contribution in [0.25, 0.3) is 5.69 Å². The molecule has 2 atom stereocenters. The number of halogens is 1. The molecule has 1 aromatic heterocycles. The van der Waals surface area contributed by atoms with E-state index >= 15 is 0 Å². The zero-order chi connectivity index (χ0) is 20.1. The molecule has 144 valence electrons. The van der Waals surface area contributed by atoms with Gasteiger partial charge in [0.1, 0.15) is 5.92 Å². The van der Waals surface area contributed by atoms with Crippen molar-refractivity contribution >= 4 is 39.1 Å². The maximum absolute atomic E-state index is 13.1. The summed E-state index contributed by atoms with van der Waals surface area (Å²) in [7, 11) is 0. The maximum Gasteiger partial charge on any atom is 0.437 e. The fraction of sp³-hybridized carbons (Fsp3) is 0.105. The Hall–Kier alpha value is -3.53. The van der Waals surface area contributed by atoms with Gasteiger partial charge in [-0.2, -0.15) is 0 Å². The predicted molar refractivity (Wildman–Crippen MR) is 102 cm³/mol. The van der Waals surface area contributed by atoms with Crippen LogP contribution >= 0.6 is 15.9 Å². The molecule has 1 N–H and O–H groups in total. The number of hydrogen-bond donors (Lipinski definition) is 1. The van der Waals surface area contributed by atoms with Gasteiger partial charge in [0.25, 0.3) is 5.91 Å². The lowest BCUT2D eigenvalue weighted by atomic mass is 9.97. The number of amides is 2. The lowest BCUT2D eigenvalue weighted by Crippen LogP contribution is -2.44. The smallest absolute Gasteiger partial charge is 0.381 e. The van der Waals surface area contributed by atoms with E-state index in [-0.39, 0.29) is 11.4 Å². The lowest BCUT2D eigenvalue weighted by molar-refractivity contribution is -0.671. The van der Waals surface area contributed by atoms with Gasteiger partial charge >= 0.3 is 11.3 Å². The summed E-state index contributed by atoms with van der Waals surface area (Å²) in [6, 6.07) is 15.6. The SMILES string of the molecule is O=C1C2ON=C(c3c(=O)o[nH][n+]3-c3ccccc3)C2C(=O)N1c1ccc(Br)cc1. The van der Waals surface area contributed by atoms with E-state index in [0.717, 1.165) is 9.37 Å². The molecule has 0 radical (unpaired) electrons. The van der Waals surface area contributed by atoms with Crippen LogP contribution in [-0.4, -0.2) is 28.9 Å². The Bertz CT molecular complexity index is 1220. The molecule has 3 heterocycles. The molecule has 2 aliphatic rings. The third kappa shape index (κ3) is 2.64. The van der Waals surface area contributed by atoms with Gasteiger partial charge in [-0.3, -0.25) is 14.1 Å². The summed E-state index contributed by atoms with van der Waals surface area (Å²) in [5.74, 6) is -2.09. The van der Waals surface area contributed by atoms with Crippen molar-refractivity contribution in [3.8, 4) is 5.69 Å². The number of oxime groups is 1. The number of carbonyl (C=O) groups excluding carboxylic acids is 2. The highest BCUT2D eigenvalue weighted by molar-refractivity contribution is 9.10. The third-order valence-electron chi connectivity index (χ3n) is 4.80. The van der Waals surface area contributed by atoms with Crippen molar-refractivity contribution in [1.82, 2.24) is 5.27 Å². The highest BCUT2D eigenvalue weighted by Gasteiger charge is 2.59. The van der Waals surface area contributed by atoms with Gasteiger partial charge in [-0.05, 0) is 34.2 Å². The van der Waals surface area contributed by atoms with E-state index in [4.69, 9.17) is 9.36 Å². The van der Waals surface area contributed by atoms with Crippen molar-refractivity contribution < 1.29 is 23.6 Å². The average Bonchev–Trinajstić information content (AvgIpc) is 3.39. The van der Waals surface area contributed by atoms with E-state index in [1.165, 1.54) is 4.68 Å². The summed E-state index contributed by atoms with van der Waals surface area (Å²) in [4.78, 5) is 44.7. The van der Waals surface area contributed by atoms with Crippen molar-refractivity contribution in [2.75, 3.05) is 4.90 Å². The van der Waals surface area contributed by atoms with Crippen molar-refractivity contribution in [1.29, 1.82) is 0 Å². The molecule has 2 unspecified atom stereocenters. The summed E-state index contributed by atoms with van der Waals surface area (Å²) in [5, 5.41) is 6.39. The largest absolute Gasteiger partial charge is 0.437 e. The molecule has 5 rings (SSSR count). The van der Waals surface area contributed by atoms with E-state index in [1.54, 1.807) is 48.5 Å². The second-order valence-electron chi connectivity index (χ2n) is 6.47. The number of aromatic nitrogens is 2. The number of rotatable bonds is 3. The summed E-state index contributed by atoms with van der Waals surface area (Å²) in [6.07, 6.45) is -1.13. The second-order valence-corrected chi connectivity index (χ2v) is 7.38. The molecule has 9 nitrogen and oxygen atoms in total. The summed E-state index contributed by atoms with van der Waals surface area (Å²) in [5.41, 5.74) is 0.340. The summed E-state index contributed by atoms with van der Waals surface area (Å²) in [6.45, 7) is 0. The van der Waals surface area contributed by atoms with Gasteiger partial charge < -0.3 is 4.84 Å². The predicted octanol–water partition coefficient (Wildman–Crippen LogP) is 1.30. The molecule has 0 bridgehead atoms. The van der Waals surface area contributed by atoms with E-state index < -0.39 is 29.5 Å². The van der Waals surface area contributed by atoms with Gasteiger partial charge in [-0.1, -0.05) is 39.3 Å². The van der Waals surface area contributed by atoms with E-state index in [0.29, 0.717) is 11.4 Å². The molecular formula is C19H12BrN4O5+. The minimum atomic E-state index is -1.13. The van der Waals surface area contributed by atoms with E-state index in [2.05, 4.69) is 26.4 Å². The van der Waals surface area contributed by atoms with Gasteiger partial charge in [-0.15, -0.1) is 0 Å². The minimum absolute atomic E-state index is 0.00232. The van der Waals surface area contributed by atoms with Crippen LogP contribution in [0.15, 0.2) is 73.5 Å². The number of benzene rings is 2. The molecule has 0 aliphatic carbocycles. The maximum atomic E-state index is 13.1. The first-order valence-electron chi connectivity index (χ1n) is 8.62. The van der Waals surface area contributed by atoms with Gasteiger partial charge in [0, 0.05) is 16.6 Å². The highest BCUT2D eigenvalue weighted by Crippen LogP contribution is 2.34. The van der Waals surface area contributed by atoms with Crippen LogP contribution < -0.4 is 15.2 Å². The van der Waals surface area contributed by atoms with Crippen molar-refractivity contribution in [2.45, 2.75) is 6.10 Å². The average molecular weight is 456 g/mol. The fourth-order valence-corrected chi connectivity index (χ4v) is 3.73. The zero-order valence-corrected chi connectivity index (χ0v) is 16.2. The molecule has 0 spiro atoms. The Labute approximate surface area is 171 Å². The van der Waals surface area contributed by atoms with Crippen LogP contribution in [0.2, 0.25) is 0 Å². The van der Waals surface area contributed by atoms with Crippen molar-refractivity contribution in [3.05, 3.63) is 75.2 Å². The molecule has 2 aliphatic heterocycles. The molecule has 2 aromatic carbocycles. The molecule has 1 saturated heterocycles. The number of fused-ring (bicyclic) bond motifs is 1. The molecular weight excluding hydrogens is 444 g/mol. The standard InChI is InChI=1S/C19H11BrN4O5/c20-10-6-8-11(9-7-10)23-17(25)13-14(21-28-16(13)18(23)26)15-19(27)29-22-24(15)12-4-2-1-3-5-12/h1-9,13,16H/p+1. The molecule has 2 amide bonds. The van der Waals surface area contributed by atoms with Crippen LogP contribution in [0.1, 0.15) is 5.69 Å². The number of anilines is 1. The van der Waals surface area contributed by atoms with Gasteiger partial charge in [-0.25, -0.2) is 9.69 Å². The lowest BCUT2D eigenvalue weighted by Gasteiger charge is -2.14. The first kappa shape index (κ1) is 17.6. The Morgan fingerprint density at radius 2 is 1.72 bits per heavy atom. The number of carbonyl (C=O) groups is 2. The van der Waals surface area contributed by atoms with Crippen molar-refractivity contribution in [2.24, 2.45) is 11.1 Å². The Balaban J connectivity index is 1.57. The molecule has 1 fully saturated rings. The quantitative estimate of drug-likeness (QED) is 0.472. The number of nitrogens with zero attached hydrogens (tertiary/aromatic N) is 3. The van der Waals surface area contributed by atoms with E-state index in [1.807, 2.05) is 6.07 Å². The van der Waals surface area contributed by atoms with Crippen molar-refractivity contribution in [3.63, 3.8) is 0 Å². The molecule has 0 saturated carbocycles. The van der Waals surface area contributed by atoms with Crippen LogP contribution in [-0.2, 0) is 14.4 Å². The minimum Gasteiger partial charge on any atom is -0.381 e. The van der Waals surface area contributed by atoms with Crippen LogP contribution in [0.3, 0.4) is 0 Å². The number of hydrogen-bond acceptors (Lipinski definition) is 6. The van der Waals surface area contributed by atoms with Crippen LogP contribution in [0.5, 0.6) is 0 Å². The third-order valence-corrected chi connectivity index (χ3v) is 5.33. The van der Waals surface area contributed by atoms with Crippen LogP contribution in [0.4, 0.5) is 5.69 Å². The number of nitrogens with one attached hydrogen (secondary N) is 1. The first-order valence-corrected chi connectivity index (χ1v) is 9.42. The molecule has 29 heavy (non-hydrogen) atoms. The number of para-hydroxylation sites is 1. The Morgan fingerprint density at radius 1 is 1.00 bits per heavy atom. The Morgan fingerprint density at radius 3 is 2.45 bits per heavy atom. The van der Waals surface area contributed by atoms with E-state index in [9.17, 15) is 14.4 Å². The number of imide groups is 1. The molecule has 10 heteroatoms. The first-order chi connectivity index (χ1) is 14.1. The van der Waals surface area contributed by atoms with Gasteiger partial charge in [0.05, 0.1) is 5.69 Å². The zero-order valence-electron chi connectivity index (χ0n) is 14.6. The fourth-order valence-electron chi connectivity index (χ4n) is 3.47. The normalized spacial score (nSPS) is 20.6. The molecule has 3 aromatic rings. The monoisotopic (exact) mass is 455 g/mol. The van der Waals surface area contributed by atoms with Crippen LogP contribution in [0, 0.1) is 5.92 Å². The Kier molecular flexibility index (Phi) is 3.95. The van der Waals surface area contributed by atoms with Gasteiger partial charge in [0.15, 0.2) is 5.71 Å².